The Labute approximate surface area is 138 Å². The Morgan fingerprint density at radius 2 is 1.95 bits per heavy atom. The van der Waals surface area contributed by atoms with Gasteiger partial charge in [0.1, 0.15) is 0 Å². The molecule has 22 heavy (non-hydrogen) atoms. The van der Waals surface area contributed by atoms with Crippen molar-refractivity contribution in [2.24, 2.45) is 0 Å². The van der Waals surface area contributed by atoms with Crippen LogP contribution < -0.4 is 0 Å². The maximum absolute atomic E-state index is 12.7. The summed E-state index contributed by atoms with van der Waals surface area (Å²) in [7, 11) is 0. The lowest BCUT2D eigenvalue weighted by Gasteiger charge is -2.32. The minimum Gasteiger partial charge on any atom is -0.334 e. The van der Waals surface area contributed by atoms with Crippen molar-refractivity contribution < 1.29 is 4.79 Å². The summed E-state index contributed by atoms with van der Waals surface area (Å²) in [5.74, 6) is -0.00642. The molecule has 1 amide bonds. The molecule has 0 bridgehead atoms. The smallest absolute Gasteiger partial charge is 0.276 e. The number of aryl methyl sites for hydroxylation is 1. The molecule has 1 aliphatic heterocycles. The Morgan fingerprint density at radius 3 is 2.64 bits per heavy atom. The van der Waals surface area contributed by atoms with E-state index >= 15 is 0 Å². The van der Waals surface area contributed by atoms with Crippen molar-refractivity contribution in [1.29, 1.82) is 0 Å². The van der Waals surface area contributed by atoms with Crippen molar-refractivity contribution in [3.05, 3.63) is 40.1 Å². The number of piperidine rings is 1. The highest BCUT2D eigenvalue weighted by Crippen LogP contribution is 2.20. The minimum atomic E-state index is -0.00642. The normalized spacial score (nSPS) is 18.5. The van der Waals surface area contributed by atoms with E-state index in [1.165, 1.54) is 11.2 Å². The summed E-state index contributed by atoms with van der Waals surface area (Å²) in [6.07, 6.45) is 3.32. The van der Waals surface area contributed by atoms with Crippen LogP contribution in [0.4, 0.5) is 0 Å². The lowest BCUT2D eigenvalue weighted by molar-refractivity contribution is 0.0628. The number of hydrogen-bond acceptors (Lipinski definition) is 3. The molecule has 1 aromatic heterocycles. The zero-order chi connectivity index (χ0) is 15.7. The van der Waals surface area contributed by atoms with Crippen molar-refractivity contribution in [3.8, 4) is 5.69 Å². The first-order valence-electron chi connectivity index (χ1n) is 7.57. The molecule has 6 heteroatoms. The van der Waals surface area contributed by atoms with Crippen molar-refractivity contribution in [3.63, 3.8) is 0 Å². The molecule has 0 spiro atoms. The molecule has 1 saturated heterocycles. The van der Waals surface area contributed by atoms with E-state index in [1.54, 1.807) is 0 Å². The lowest BCUT2D eigenvalue weighted by atomic mass is 10.0. The molecule has 1 aromatic carbocycles. The first-order chi connectivity index (χ1) is 10.6. The largest absolute Gasteiger partial charge is 0.334 e. The van der Waals surface area contributed by atoms with Crippen LogP contribution in [-0.4, -0.2) is 38.4 Å². The molecule has 0 radical (unpaired) electrons. The molecule has 3 rings (SSSR count). The van der Waals surface area contributed by atoms with E-state index in [2.05, 4.69) is 33.1 Å². The van der Waals surface area contributed by atoms with Gasteiger partial charge in [-0.05, 0) is 57.4 Å². The average molecular weight is 363 g/mol. The van der Waals surface area contributed by atoms with Crippen LogP contribution in [0.1, 0.15) is 42.4 Å². The SMILES string of the molecule is Cc1nn(-c2ccc(Br)cc2)nc1C(=O)N1CCCC[C@H]1C. The van der Waals surface area contributed by atoms with Gasteiger partial charge in [0.2, 0.25) is 0 Å². The number of aromatic nitrogens is 3. The van der Waals surface area contributed by atoms with Crippen LogP contribution in [0, 0.1) is 6.92 Å². The highest BCUT2D eigenvalue weighted by Gasteiger charge is 2.27. The van der Waals surface area contributed by atoms with Gasteiger partial charge in [0.05, 0.1) is 11.4 Å². The zero-order valence-corrected chi connectivity index (χ0v) is 14.4. The summed E-state index contributed by atoms with van der Waals surface area (Å²) in [5, 5.41) is 8.81. The molecular weight excluding hydrogens is 344 g/mol. The Bertz CT molecular complexity index is 680. The van der Waals surface area contributed by atoms with E-state index in [9.17, 15) is 4.79 Å². The highest BCUT2D eigenvalue weighted by molar-refractivity contribution is 9.10. The second-order valence-corrected chi connectivity index (χ2v) is 6.66. The van der Waals surface area contributed by atoms with Gasteiger partial charge in [-0.15, -0.1) is 5.10 Å². The second-order valence-electron chi connectivity index (χ2n) is 5.74. The fourth-order valence-electron chi connectivity index (χ4n) is 2.80. The van der Waals surface area contributed by atoms with Crippen LogP contribution in [-0.2, 0) is 0 Å². The topological polar surface area (TPSA) is 51.0 Å². The standard InChI is InChI=1S/C16H19BrN4O/c1-11-5-3-4-10-20(11)16(22)15-12(2)18-21(19-15)14-8-6-13(17)7-9-14/h6-9,11H,3-5,10H2,1-2H3/t11-/m1/s1. The van der Waals surface area contributed by atoms with Gasteiger partial charge in [-0.25, -0.2) is 0 Å². The number of benzene rings is 1. The van der Waals surface area contributed by atoms with Gasteiger partial charge in [-0.1, -0.05) is 15.9 Å². The predicted molar refractivity (Wildman–Crippen MR) is 88.1 cm³/mol. The maximum atomic E-state index is 12.7. The lowest BCUT2D eigenvalue weighted by Crippen LogP contribution is -2.42. The summed E-state index contributed by atoms with van der Waals surface area (Å²) in [6, 6.07) is 7.98. The molecular formula is C16H19BrN4O. The molecule has 1 aliphatic rings. The number of rotatable bonds is 2. The predicted octanol–water partition coefficient (Wildman–Crippen LogP) is 3.35. The fraction of sp³-hybridized carbons (Fsp3) is 0.438. The molecule has 2 heterocycles. The van der Waals surface area contributed by atoms with E-state index in [-0.39, 0.29) is 11.9 Å². The number of halogens is 1. The van der Waals surface area contributed by atoms with Gasteiger partial charge >= 0.3 is 0 Å². The first-order valence-corrected chi connectivity index (χ1v) is 8.36. The van der Waals surface area contributed by atoms with Gasteiger partial charge in [-0.3, -0.25) is 4.79 Å². The van der Waals surface area contributed by atoms with Crippen molar-refractivity contribution >= 4 is 21.8 Å². The molecule has 0 saturated carbocycles. The number of carbonyl (C=O) groups excluding carboxylic acids is 1. The van der Waals surface area contributed by atoms with Crippen molar-refractivity contribution in [2.75, 3.05) is 6.54 Å². The average Bonchev–Trinajstić information content (AvgIpc) is 2.90. The molecule has 1 atom stereocenters. The van der Waals surface area contributed by atoms with Crippen molar-refractivity contribution in [2.45, 2.75) is 39.2 Å². The van der Waals surface area contributed by atoms with Crippen LogP contribution in [0.15, 0.2) is 28.7 Å². The Kier molecular flexibility index (Phi) is 4.29. The van der Waals surface area contributed by atoms with E-state index in [4.69, 9.17) is 0 Å². The number of likely N-dealkylation sites (tertiary alicyclic amines) is 1. The third-order valence-electron chi connectivity index (χ3n) is 4.11. The van der Waals surface area contributed by atoms with Crippen LogP contribution in [0.25, 0.3) is 5.69 Å². The monoisotopic (exact) mass is 362 g/mol. The summed E-state index contributed by atoms with van der Waals surface area (Å²) in [5.41, 5.74) is 1.97. The van der Waals surface area contributed by atoms with Gasteiger partial charge in [0.15, 0.2) is 5.69 Å². The van der Waals surface area contributed by atoms with Crippen LogP contribution in [0.5, 0.6) is 0 Å². The number of amides is 1. The third kappa shape index (κ3) is 2.92. The fourth-order valence-corrected chi connectivity index (χ4v) is 3.07. The van der Waals surface area contributed by atoms with Gasteiger partial charge < -0.3 is 4.90 Å². The zero-order valence-electron chi connectivity index (χ0n) is 12.8. The highest BCUT2D eigenvalue weighted by atomic mass is 79.9. The molecule has 1 fully saturated rings. The Hall–Kier alpha value is -1.69. The summed E-state index contributed by atoms with van der Waals surface area (Å²) in [4.78, 5) is 16.2. The van der Waals surface area contributed by atoms with Crippen LogP contribution >= 0.6 is 15.9 Å². The molecule has 0 aliphatic carbocycles. The number of nitrogens with zero attached hydrogens (tertiary/aromatic N) is 4. The van der Waals surface area contributed by atoms with Crippen molar-refractivity contribution in [1.82, 2.24) is 19.9 Å². The maximum Gasteiger partial charge on any atom is 0.276 e. The summed E-state index contributed by atoms with van der Waals surface area (Å²) in [6.45, 7) is 4.75. The van der Waals surface area contributed by atoms with Gasteiger partial charge in [-0.2, -0.15) is 9.90 Å². The molecule has 0 N–H and O–H groups in total. The molecule has 5 nitrogen and oxygen atoms in total. The number of carbonyl (C=O) groups is 1. The third-order valence-corrected chi connectivity index (χ3v) is 4.63. The van der Waals surface area contributed by atoms with Gasteiger partial charge in [0.25, 0.3) is 5.91 Å². The quantitative estimate of drug-likeness (QED) is 0.822. The van der Waals surface area contributed by atoms with E-state index in [0.29, 0.717) is 11.4 Å². The Balaban J connectivity index is 1.88. The van der Waals surface area contributed by atoms with E-state index < -0.39 is 0 Å². The first kappa shape index (κ1) is 15.2. The number of hydrogen-bond donors (Lipinski definition) is 0. The summed E-state index contributed by atoms with van der Waals surface area (Å²) >= 11 is 3.41. The van der Waals surface area contributed by atoms with E-state index in [1.807, 2.05) is 36.1 Å². The molecule has 2 aromatic rings. The Morgan fingerprint density at radius 1 is 1.23 bits per heavy atom. The van der Waals surface area contributed by atoms with Crippen LogP contribution in [0.2, 0.25) is 0 Å². The molecule has 0 unspecified atom stereocenters. The second kappa shape index (κ2) is 6.20. The molecule has 116 valence electrons. The minimum absolute atomic E-state index is 0.00642. The van der Waals surface area contributed by atoms with E-state index in [0.717, 1.165) is 29.5 Å². The summed E-state index contributed by atoms with van der Waals surface area (Å²) < 4.78 is 0.999. The van der Waals surface area contributed by atoms with Gasteiger partial charge in [0, 0.05) is 17.1 Å². The van der Waals surface area contributed by atoms with Crippen LogP contribution in [0.3, 0.4) is 0 Å².